The van der Waals surface area contributed by atoms with E-state index in [1.54, 1.807) is 16.7 Å². The molecule has 0 amide bonds. The van der Waals surface area contributed by atoms with Gasteiger partial charge in [-0.3, -0.25) is 4.79 Å². The van der Waals surface area contributed by atoms with Crippen molar-refractivity contribution in [1.82, 2.24) is 4.98 Å². The molecule has 0 fully saturated rings. The zero-order chi connectivity index (χ0) is 13.1. The molecular weight excluding hydrogens is 268 g/mol. The van der Waals surface area contributed by atoms with Gasteiger partial charge in [-0.1, -0.05) is 0 Å². The molecule has 96 valence electrons. The average Bonchev–Trinajstić information content (AvgIpc) is 2.84. The third kappa shape index (κ3) is 3.30. The standard InChI is InChI=1S/C12H14N2O2S2/c1-7-3-10(18-8(7)2)5-13-12-14-9(6-17-12)4-11(15)16/h3,6H,4-5H2,1-2H3,(H,13,14)(H,15,16). The molecule has 0 aliphatic rings. The van der Waals surface area contributed by atoms with Crippen LogP contribution in [-0.4, -0.2) is 16.1 Å². The van der Waals surface area contributed by atoms with Crippen molar-refractivity contribution in [2.24, 2.45) is 0 Å². The second-order valence-electron chi connectivity index (χ2n) is 4.02. The molecule has 0 bridgehead atoms. The maximum Gasteiger partial charge on any atom is 0.309 e. The maximum absolute atomic E-state index is 10.5. The van der Waals surface area contributed by atoms with Crippen molar-refractivity contribution in [1.29, 1.82) is 0 Å². The van der Waals surface area contributed by atoms with E-state index in [0.717, 1.165) is 11.7 Å². The molecular formula is C12H14N2O2S2. The quantitative estimate of drug-likeness (QED) is 0.884. The lowest BCUT2D eigenvalue weighted by atomic mass is 10.3. The Labute approximate surface area is 113 Å². The fraction of sp³-hybridized carbons (Fsp3) is 0.333. The number of carboxylic acids is 1. The summed E-state index contributed by atoms with van der Waals surface area (Å²) in [6.07, 6.45) is -0.0185. The number of nitrogens with zero attached hydrogens (tertiary/aromatic N) is 1. The summed E-state index contributed by atoms with van der Waals surface area (Å²) in [7, 11) is 0. The lowest BCUT2D eigenvalue weighted by Gasteiger charge is -1.98. The van der Waals surface area contributed by atoms with Crippen LogP contribution in [0.15, 0.2) is 11.4 Å². The van der Waals surface area contributed by atoms with E-state index in [9.17, 15) is 4.79 Å². The highest BCUT2D eigenvalue weighted by atomic mass is 32.1. The molecule has 0 radical (unpaired) electrons. The summed E-state index contributed by atoms with van der Waals surface area (Å²) in [6.45, 7) is 4.95. The normalized spacial score (nSPS) is 10.6. The Hall–Kier alpha value is -1.40. The van der Waals surface area contributed by atoms with Gasteiger partial charge in [-0.2, -0.15) is 0 Å². The molecule has 4 nitrogen and oxygen atoms in total. The molecule has 6 heteroatoms. The van der Waals surface area contributed by atoms with E-state index < -0.39 is 5.97 Å². The third-order valence-corrected chi connectivity index (χ3v) is 4.52. The van der Waals surface area contributed by atoms with Crippen LogP contribution in [0.25, 0.3) is 0 Å². The van der Waals surface area contributed by atoms with Crippen molar-refractivity contribution < 1.29 is 9.90 Å². The third-order valence-electron chi connectivity index (χ3n) is 2.51. The molecule has 18 heavy (non-hydrogen) atoms. The summed E-state index contributed by atoms with van der Waals surface area (Å²) in [6, 6.07) is 2.17. The predicted molar refractivity (Wildman–Crippen MR) is 74.6 cm³/mol. The zero-order valence-electron chi connectivity index (χ0n) is 10.2. The molecule has 0 saturated carbocycles. The fourth-order valence-electron chi connectivity index (χ4n) is 1.52. The van der Waals surface area contributed by atoms with Crippen LogP contribution in [0.4, 0.5) is 5.13 Å². The summed E-state index contributed by atoms with van der Waals surface area (Å²) in [5.74, 6) is -0.851. The number of aliphatic carboxylic acids is 1. The van der Waals surface area contributed by atoms with Crippen molar-refractivity contribution in [3.05, 3.63) is 32.5 Å². The number of aromatic nitrogens is 1. The van der Waals surface area contributed by atoms with Gasteiger partial charge in [0.25, 0.3) is 0 Å². The van der Waals surface area contributed by atoms with E-state index in [4.69, 9.17) is 5.11 Å². The van der Waals surface area contributed by atoms with Gasteiger partial charge in [0.2, 0.25) is 0 Å². The Kier molecular flexibility index (Phi) is 3.98. The van der Waals surface area contributed by atoms with Gasteiger partial charge in [0, 0.05) is 15.1 Å². The molecule has 0 unspecified atom stereocenters. The van der Waals surface area contributed by atoms with Crippen molar-refractivity contribution in [3.8, 4) is 0 Å². The molecule has 2 aromatic heterocycles. The highest BCUT2D eigenvalue weighted by molar-refractivity contribution is 7.14. The lowest BCUT2D eigenvalue weighted by Crippen LogP contribution is -2.01. The van der Waals surface area contributed by atoms with Gasteiger partial charge < -0.3 is 10.4 Å². The van der Waals surface area contributed by atoms with Crippen LogP contribution in [0, 0.1) is 13.8 Å². The molecule has 2 N–H and O–H groups in total. The first-order valence-electron chi connectivity index (χ1n) is 5.50. The number of anilines is 1. The van der Waals surface area contributed by atoms with Crippen LogP contribution in [0.1, 0.15) is 21.0 Å². The fourth-order valence-corrected chi connectivity index (χ4v) is 3.23. The van der Waals surface area contributed by atoms with E-state index in [2.05, 4.69) is 30.2 Å². The Morgan fingerprint density at radius 2 is 2.28 bits per heavy atom. The molecule has 2 rings (SSSR count). The van der Waals surface area contributed by atoms with E-state index >= 15 is 0 Å². The van der Waals surface area contributed by atoms with Crippen LogP contribution in [0.2, 0.25) is 0 Å². The molecule has 0 aliphatic carbocycles. The largest absolute Gasteiger partial charge is 0.481 e. The summed E-state index contributed by atoms with van der Waals surface area (Å²) in [4.78, 5) is 17.4. The first-order valence-corrected chi connectivity index (χ1v) is 7.20. The van der Waals surface area contributed by atoms with Gasteiger partial charge in [0.15, 0.2) is 5.13 Å². The smallest absolute Gasteiger partial charge is 0.309 e. The van der Waals surface area contributed by atoms with Crippen molar-refractivity contribution in [2.45, 2.75) is 26.8 Å². The van der Waals surface area contributed by atoms with Gasteiger partial charge in [-0.05, 0) is 25.5 Å². The molecule has 0 atom stereocenters. The molecule has 0 spiro atoms. The number of thiazole rings is 1. The van der Waals surface area contributed by atoms with E-state index in [0.29, 0.717) is 5.69 Å². The summed E-state index contributed by atoms with van der Waals surface area (Å²) < 4.78 is 0. The minimum atomic E-state index is -0.851. The molecule has 0 aromatic carbocycles. The minimum absolute atomic E-state index is 0.0185. The van der Waals surface area contributed by atoms with Gasteiger partial charge >= 0.3 is 5.97 Å². The highest BCUT2D eigenvalue weighted by Crippen LogP contribution is 2.22. The molecule has 0 aliphatic heterocycles. The number of thiophene rings is 1. The highest BCUT2D eigenvalue weighted by Gasteiger charge is 2.07. The van der Waals surface area contributed by atoms with Crippen LogP contribution in [0.3, 0.4) is 0 Å². The van der Waals surface area contributed by atoms with Crippen molar-refractivity contribution >= 4 is 33.8 Å². The Morgan fingerprint density at radius 3 is 2.89 bits per heavy atom. The number of nitrogens with one attached hydrogen (secondary N) is 1. The average molecular weight is 282 g/mol. The minimum Gasteiger partial charge on any atom is -0.481 e. The van der Waals surface area contributed by atoms with Crippen LogP contribution < -0.4 is 5.32 Å². The van der Waals surface area contributed by atoms with Crippen LogP contribution >= 0.6 is 22.7 Å². The van der Waals surface area contributed by atoms with Crippen LogP contribution in [0.5, 0.6) is 0 Å². The second-order valence-corrected chi connectivity index (χ2v) is 6.22. The van der Waals surface area contributed by atoms with E-state index in [1.165, 1.54) is 26.7 Å². The summed E-state index contributed by atoms with van der Waals surface area (Å²) in [5, 5.41) is 14.4. The Balaban J connectivity index is 1.93. The first kappa shape index (κ1) is 13.0. The Bertz CT molecular complexity index is 541. The van der Waals surface area contributed by atoms with Crippen molar-refractivity contribution in [2.75, 3.05) is 5.32 Å². The topological polar surface area (TPSA) is 62.2 Å². The van der Waals surface area contributed by atoms with Crippen LogP contribution in [-0.2, 0) is 17.8 Å². The number of hydrogen-bond acceptors (Lipinski definition) is 5. The second kappa shape index (κ2) is 5.49. The summed E-state index contributed by atoms with van der Waals surface area (Å²) >= 11 is 3.21. The van der Waals surface area contributed by atoms with E-state index in [1.807, 2.05) is 0 Å². The number of aryl methyl sites for hydroxylation is 2. The van der Waals surface area contributed by atoms with Gasteiger partial charge in [0.1, 0.15) is 0 Å². The number of carboxylic acid groups (broad SMARTS) is 1. The number of carbonyl (C=O) groups is 1. The molecule has 2 aromatic rings. The van der Waals surface area contributed by atoms with Crippen molar-refractivity contribution in [3.63, 3.8) is 0 Å². The van der Waals surface area contributed by atoms with E-state index in [-0.39, 0.29) is 6.42 Å². The maximum atomic E-state index is 10.5. The van der Waals surface area contributed by atoms with Gasteiger partial charge in [0.05, 0.1) is 18.7 Å². The molecule has 0 saturated heterocycles. The first-order chi connectivity index (χ1) is 8.54. The number of rotatable bonds is 5. The molecule has 2 heterocycles. The summed E-state index contributed by atoms with van der Waals surface area (Å²) in [5.41, 5.74) is 1.91. The van der Waals surface area contributed by atoms with Gasteiger partial charge in [-0.15, -0.1) is 22.7 Å². The Morgan fingerprint density at radius 1 is 1.50 bits per heavy atom. The number of hydrogen-bond donors (Lipinski definition) is 2. The van der Waals surface area contributed by atoms with Gasteiger partial charge in [-0.25, -0.2) is 4.98 Å². The lowest BCUT2D eigenvalue weighted by molar-refractivity contribution is -0.136. The SMILES string of the molecule is Cc1cc(CNc2nc(CC(=O)O)cs2)sc1C. The predicted octanol–water partition coefficient (Wildman–Crippen LogP) is 3.06. The monoisotopic (exact) mass is 282 g/mol. The zero-order valence-corrected chi connectivity index (χ0v) is 11.8.